The van der Waals surface area contributed by atoms with E-state index >= 15 is 0 Å². The van der Waals surface area contributed by atoms with E-state index in [9.17, 15) is 22.4 Å². The van der Waals surface area contributed by atoms with E-state index in [1.54, 1.807) is 13.2 Å². The fourth-order valence-corrected chi connectivity index (χ4v) is 2.29. The lowest BCUT2D eigenvalue weighted by molar-refractivity contribution is -0.139. The monoisotopic (exact) mass is 364 g/mol. The minimum absolute atomic E-state index is 0.133. The quantitative estimate of drug-likeness (QED) is 0.796. The normalized spacial score (nSPS) is 11.5. The standard InChI is InChI=1S/C13H9BrF4N2O/c1-20-6-7(14)4-11(20)12(21)19-8-2-3-10(15)9(5-8)13(16,17)18/h2-6H,1H3,(H,19,21). The second-order valence-electron chi connectivity index (χ2n) is 4.30. The highest BCUT2D eigenvalue weighted by atomic mass is 79.9. The van der Waals surface area contributed by atoms with E-state index in [-0.39, 0.29) is 11.4 Å². The number of benzene rings is 1. The van der Waals surface area contributed by atoms with Gasteiger partial charge in [0.2, 0.25) is 0 Å². The molecule has 0 radical (unpaired) electrons. The number of halogens is 5. The highest BCUT2D eigenvalue weighted by Gasteiger charge is 2.34. The summed E-state index contributed by atoms with van der Waals surface area (Å²) < 4.78 is 53.1. The number of amides is 1. The van der Waals surface area contributed by atoms with Crippen LogP contribution in [-0.4, -0.2) is 10.5 Å². The van der Waals surface area contributed by atoms with Gasteiger partial charge in [-0.2, -0.15) is 13.2 Å². The predicted octanol–water partition coefficient (Wildman–Crippen LogP) is 4.20. The minimum atomic E-state index is -4.82. The Kier molecular flexibility index (Phi) is 4.08. The molecule has 0 aliphatic rings. The molecule has 1 aromatic heterocycles. The molecule has 112 valence electrons. The average Bonchev–Trinajstić information content (AvgIpc) is 2.69. The van der Waals surface area contributed by atoms with Crippen molar-refractivity contribution in [1.29, 1.82) is 0 Å². The van der Waals surface area contributed by atoms with Crippen LogP contribution in [0.15, 0.2) is 34.9 Å². The van der Waals surface area contributed by atoms with Gasteiger partial charge in [0.15, 0.2) is 0 Å². The van der Waals surface area contributed by atoms with Gasteiger partial charge in [-0.25, -0.2) is 4.39 Å². The molecular formula is C13H9BrF4N2O. The Morgan fingerprint density at radius 3 is 2.48 bits per heavy atom. The summed E-state index contributed by atoms with van der Waals surface area (Å²) in [4.78, 5) is 12.0. The summed E-state index contributed by atoms with van der Waals surface area (Å²) in [5.41, 5.74) is -1.31. The molecule has 0 aliphatic heterocycles. The Bertz CT molecular complexity index is 694. The number of anilines is 1. The van der Waals surface area contributed by atoms with Gasteiger partial charge in [-0.3, -0.25) is 4.79 Å². The SMILES string of the molecule is Cn1cc(Br)cc1C(=O)Nc1ccc(F)c(C(F)(F)F)c1. The zero-order valence-corrected chi connectivity index (χ0v) is 12.2. The van der Waals surface area contributed by atoms with Crippen LogP contribution in [0.1, 0.15) is 16.1 Å². The predicted molar refractivity (Wildman–Crippen MR) is 72.5 cm³/mol. The van der Waals surface area contributed by atoms with Crippen molar-refractivity contribution in [2.24, 2.45) is 7.05 Å². The number of nitrogens with zero attached hydrogens (tertiary/aromatic N) is 1. The van der Waals surface area contributed by atoms with E-state index in [0.29, 0.717) is 16.6 Å². The van der Waals surface area contributed by atoms with Crippen LogP contribution in [-0.2, 0) is 13.2 Å². The Labute approximate surface area is 125 Å². The summed E-state index contributed by atoms with van der Waals surface area (Å²) in [6.45, 7) is 0. The second kappa shape index (κ2) is 5.51. The number of nitrogens with one attached hydrogen (secondary N) is 1. The maximum Gasteiger partial charge on any atom is 0.419 e. The number of hydrogen-bond donors (Lipinski definition) is 1. The van der Waals surface area contributed by atoms with Crippen LogP contribution in [0.3, 0.4) is 0 Å². The number of carbonyl (C=O) groups excluding carboxylic acids is 1. The number of carbonyl (C=O) groups is 1. The molecule has 0 atom stereocenters. The van der Waals surface area contributed by atoms with Crippen molar-refractivity contribution >= 4 is 27.5 Å². The molecule has 21 heavy (non-hydrogen) atoms. The number of hydrogen-bond acceptors (Lipinski definition) is 1. The molecule has 3 nitrogen and oxygen atoms in total. The summed E-state index contributed by atoms with van der Waals surface area (Å²) in [6.07, 6.45) is -3.19. The molecule has 1 N–H and O–H groups in total. The van der Waals surface area contributed by atoms with Gasteiger partial charge in [0, 0.05) is 23.4 Å². The van der Waals surface area contributed by atoms with Crippen molar-refractivity contribution in [3.8, 4) is 0 Å². The lowest BCUT2D eigenvalue weighted by Gasteiger charge is -2.11. The number of aromatic nitrogens is 1. The summed E-state index contributed by atoms with van der Waals surface area (Å²) in [7, 11) is 1.62. The van der Waals surface area contributed by atoms with Crippen molar-refractivity contribution in [1.82, 2.24) is 4.57 Å². The van der Waals surface area contributed by atoms with E-state index in [0.717, 1.165) is 6.07 Å². The van der Waals surface area contributed by atoms with Crippen LogP contribution in [0.4, 0.5) is 23.2 Å². The maximum atomic E-state index is 13.2. The summed E-state index contributed by atoms with van der Waals surface area (Å²) in [5, 5.41) is 2.30. The number of rotatable bonds is 2. The summed E-state index contributed by atoms with van der Waals surface area (Å²) in [5.74, 6) is -1.98. The molecule has 0 aliphatic carbocycles. The highest BCUT2D eigenvalue weighted by Crippen LogP contribution is 2.33. The largest absolute Gasteiger partial charge is 0.419 e. The fourth-order valence-electron chi connectivity index (χ4n) is 1.77. The third-order valence-electron chi connectivity index (χ3n) is 2.73. The van der Waals surface area contributed by atoms with Crippen LogP contribution in [0.25, 0.3) is 0 Å². The maximum absolute atomic E-state index is 13.2. The van der Waals surface area contributed by atoms with Crippen LogP contribution in [0.2, 0.25) is 0 Å². The minimum Gasteiger partial charge on any atom is -0.345 e. The lowest BCUT2D eigenvalue weighted by atomic mass is 10.1. The van der Waals surface area contributed by atoms with E-state index in [2.05, 4.69) is 21.2 Å². The van der Waals surface area contributed by atoms with Gasteiger partial charge in [-0.15, -0.1) is 0 Å². The van der Waals surface area contributed by atoms with Gasteiger partial charge in [0.1, 0.15) is 11.5 Å². The van der Waals surface area contributed by atoms with Crippen molar-refractivity contribution in [3.63, 3.8) is 0 Å². The molecule has 2 aromatic rings. The van der Waals surface area contributed by atoms with E-state index < -0.39 is 23.5 Å². The Hall–Kier alpha value is -1.83. The van der Waals surface area contributed by atoms with Gasteiger partial charge in [-0.1, -0.05) is 0 Å². The molecule has 1 aromatic carbocycles. The Balaban J connectivity index is 2.28. The van der Waals surface area contributed by atoms with Crippen molar-refractivity contribution < 1.29 is 22.4 Å². The van der Waals surface area contributed by atoms with E-state index in [1.165, 1.54) is 10.6 Å². The van der Waals surface area contributed by atoms with E-state index in [4.69, 9.17) is 0 Å². The van der Waals surface area contributed by atoms with Crippen LogP contribution in [0, 0.1) is 5.82 Å². The summed E-state index contributed by atoms with van der Waals surface area (Å²) in [6, 6.07) is 3.81. The summed E-state index contributed by atoms with van der Waals surface area (Å²) >= 11 is 3.18. The molecule has 0 spiro atoms. The first-order chi connectivity index (χ1) is 9.68. The smallest absolute Gasteiger partial charge is 0.345 e. The molecule has 0 unspecified atom stereocenters. The number of aryl methyl sites for hydroxylation is 1. The van der Waals surface area contributed by atoms with Gasteiger partial charge >= 0.3 is 6.18 Å². The first-order valence-corrected chi connectivity index (χ1v) is 6.48. The van der Waals surface area contributed by atoms with Crippen molar-refractivity contribution in [3.05, 3.63) is 52.0 Å². The highest BCUT2D eigenvalue weighted by molar-refractivity contribution is 9.10. The van der Waals surface area contributed by atoms with Gasteiger partial charge < -0.3 is 9.88 Å². The zero-order chi connectivity index (χ0) is 15.8. The van der Waals surface area contributed by atoms with Crippen molar-refractivity contribution in [2.75, 3.05) is 5.32 Å². The van der Waals surface area contributed by atoms with Gasteiger partial charge in [0.05, 0.1) is 5.56 Å². The molecule has 8 heteroatoms. The van der Waals surface area contributed by atoms with Crippen LogP contribution in [0.5, 0.6) is 0 Å². The van der Waals surface area contributed by atoms with Crippen molar-refractivity contribution in [2.45, 2.75) is 6.18 Å². The van der Waals surface area contributed by atoms with E-state index in [1.807, 2.05) is 0 Å². The third-order valence-corrected chi connectivity index (χ3v) is 3.17. The molecule has 2 rings (SSSR count). The average molecular weight is 365 g/mol. The topological polar surface area (TPSA) is 34.0 Å². The Morgan fingerprint density at radius 1 is 1.29 bits per heavy atom. The molecule has 1 heterocycles. The van der Waals surface area contributed by atoms with Gasteiger partial charge in [0.25, 0.3) is 5.91 Å². The molecule has 0 bridgehead atoms. The Morgan fingerprint density at radius 2 is 1.95 bits per heavy atom. The molecule has 0 saturated carbocycles. The first-order valence-electron chi connectivity index (χ1n) is 5.68. The fraction of sp³-hybridized carbons (Fsp3) is 0.154. The van der Waals surface area contributed by atoms with Gasteiger partial charge in [-0.05, 0) is 40.2 Å². The third kappa shape index (κ3) is 3.44. The van der Waals surface area contributed by atoms with Crippen LogP contribution < -0.4 is 5.32 Å². The zero-order valence-electron chi connectivity index (χ0n) is 10.6. The first kappa shape index (κ1) is 15.6. The molecule has 0 fully saturated rings. The molecular weight excluding hydrogens is 356 g/mol. The molecule has 1 amide bonds. The second-order valence-corrected chi connectivity index (χ2v) is 5.22. The molecule has 0 saturated heterocycles. The number of alkyl halides is 3. The lowest BCUT2D eigenvalue weighted by Crippen LogP contribution is -2.16. The van der Waals surface area contributed by atoms with Crippen LogP contribution >= 0.6 is 15.9 Å².